The highest BCUT2D eigenvalue weighted by Gasteiger charge is 2.59. The number of ether oxygens (including phenoxy) is 9. The van der Waals surface area contributed by atoms with Crippen molar-refractivity contribution in [1.29, 1.82) is 0 Å². The summed E-state index contributed by atoms with van der Waals surface area (Å²) in [6.45, 7) is 8.03. The number of aliphatic hydroxyl groups is 1. The number of carbonyl (C=O) groups excluding carboxylic acids is 2. The molecule has 4 saturated heterocycles. The first kappa shape index (κ1) is 35.1. The van der Waals surface area contributed by atoms with E-state index in [0.717, 1.165) is 0 Å². The van der Waals surface area contributed by atoms with Gasteiger partial charge in [0.25, 0.3) is 5.69 Å². The Morgan fingerprint density at radius 2 is 1.61 bits per heavy atom. The van der Waals surface area contributed by atoms with E-state index in [-0.39, 0.29) is 30.2 Å². The normalized spacial score (nSPS) is 34.6. The highest BCUT2D eigenvalue weighted by molar-refractivity contribution is 5.89. The lowest BCUT2D eigenvalue weighted by atomic mass is 9.95. The second-order valence-electron chi connectivity index (χ2n) is 13.1. The van der Waals surface area contributed by atoms with Crippen LogP contribution in [0.1, 0.15) is 45.0 Å². The first-order valence-electron chi connectivity index (χ1n) is 15.9. The van der Waals surface area contributed by atoms with Crippen LogP contribution in [0.15, 0.2) is 54.6 Å². The summed E-state index contributed by atoms with van der Waals surface area (Å²) < 4.78 is 55.0. The Morgan fingerprint density at radius 1 is 0.939 bits per heavy atom. The molecule has 4 heterocycles. The number of esters is 1. The van der Waals surface area contributed by atoms with Gasteiger partial charge in [0.05, 0.1) is 23.7 Å². The van der Waals surface area contributed by atoms with Crippen molar-refractivity contribution in [2.45, 2.75) is 108 Å². The van der Waals surface area contributed by atoms with E-state index in [0.29, 0.717) is 0 Å². The second-order valence-corrected chi connectivity index (χ2v) is 13.1. The van der Waals surface area contributed by atoms with Crippen LogP contribution in [0.2, 0.25) is 0 Å². The van der Waals surface area contributed by atoms with Crippen molar-refractivity contribution in [2.24, 2.45) is 0 Å². The van der Waals surface area contributed by atoms with Crippen LogP contribution in [0.25, 0.3) is 0 Å². The lowest BCUT2D eigenvalue weighted by Crippen LogP contribution is -2.68. The van der Waals surface area contributed by atoms with E-state index in [2.05, 4.69) is 5.32 Å². The maximum absolute atomic E-state index is 13.3. The minimum absolute atomic E-state index is 0.108. The first-order valence-corrected chi connectivity index (χ1v) is 15.9. The molecule has 16 heteroatoms. The molecule has 49 heavy (non-hydrogen) atoms. The van der Waals surface area contributed by atoms with Gasteiger partial charge in [0.1, 0.15) is 48.4 Å². The van der Waals surface area contributed by atoms with Crippen LogP contribution >= 0.6 is 0 Å². The van der Waals surface area contributed by atoms with Crippen molar-refractivity contribution in [1.82, 2.24) is 5.32 Å². The van der Waals surface area contributed by atoms with Crippen molar-refractivity contribution in [3.63, 3.8) is 0 Å². The number of rotatable bonds is 9. The Kier molecular flexibility index (Phi) is 9.94. The molecule has 2 aromatic rings. The number of nitrogens with one attached hydrogen (secondary N) is 1. The van der Waals surface area contributed by atoms with E-state index < -0.39 is 89.7 Å². The van der Waals surface area contributed by atoms with Gasteiger partial charge >= 0.3 is 5.97 Å². The van der Waals surface area contributed by atoms with E-state index >= 15 is 0 Å². The summed E-state index contributed by atoms with van der Waals surface area (Å²) in [5.41, 5.74) is 0.138. The van der Waals surface area contributed by atoms with Crippen LogP contribution in [-0.4, -0.2) is 108 Å². The van der Waals surface area contributed by atoms with Crippen LogP contribution in [0.5, 0.6) is 5.75 Å². The van der Waals surface area contributed by atoms with Crippen LogP contribution in [0.4, 0.5) is 5.69 Å². The zero-order valence-electron chi connectivity index (χ0n) is 27.6. The minimum atomic E-state index is -1.29. The zero-order valence-corrected chi connectivity index (χ0v) is 27.6. The summed E-state index contributed by atoms with van der Waals surface area (Å²) in [6, 6.07) is 12.7. The number of nitrogens with zero attached hydrogens (tertiary/aromatic N) is 1. The Labute approximate surface area is 281 Å². The minimum Gasteiger partial charge on any atom is -0.461 e. The van der Waals surface area contributed by atoms with Crippen LogP contribution in [0.3, 0.4) is 0 Å². The third-order valence-corrected chi connectivity index (χ3v) is 8.47. The van der Waals surface area contributed by atoms with Crippen molar-refractivity contribution in [2.75, 3.05) is 13.2 Å². The van der Waals surface area contributed by atoms with Gasteiger partial charge in [0.2, 0.25) is 12.2 Å². The second kappa shape index (κ2) is 13.9. The standard InChI is InChI=1S/C33H40N2O14/c1-17(36)34-23-24(37)25-22(16-42-32(2,3)47-25)44-30(23)41-15-21-26-27(49-33(4,5)48-26)28(46-29(38)18-9-7-6-8-10-18)31(45-21)43-20-13-11-19(12-14-20)35(39)40/h6-14,21-28,30-31,37H,15-16H2,1-5H3,(H,34,36)/t21-,22-,23-,24-,25-,26+,27+,28-,30-,31-/m1/s1. The largest absolute Gasteiger partial charge is 0.461 e. The number of amides is 1. The predicted molar refractivity (Wildman–Crippen MR) is 165 cm³/mol. The van der Waals surface area contributed by atoms with Gasteiger partial charge in [-0.05, 0) is 52.0 Å². The molecule has 0 saturated carbocycles. The number of hydrogen-bond donors (Lipinski definition) is 2. The average Bonchev–Trinajstić information content (AvgIpc) is 3.38. The molecule has 16 nitrogen and oxygen atoms in total. The predicted octanol–water partition coefficient (Wildman–Crippen LogP) is 2.20. The molecule has 0 bridgehead atoms. The highest BCUT2D eigenvalue weighted by atomic mass is 16.8. The maximum Gasteiger partial charge on any atom is 0.338 e. The monoisotopic (exact) mass is 688 g/mol. The fourth-order valence-corrected chi connectivity index (χ4v) is 6.30. The van der Waals surface area contributed by atoms with E-state index in [9.17, 15) is 24.8 Å². The molecule has 2 N–H and O–H groups in total. The summed E-state index contributed by atoms with van der Waals surface area (Å²) in [5.74, 6) is -3.00. The van der Waals surface area contributed by atoms with Gasteiger partial charge in [-0.3, -0.25) is 14.9 Å². The molecule has 0 unspecified atom stereocenters. The van der Waals surface area contributed by atoms with E-state index in [1.54, 1.807) is 58.0 Å². The van der Waals surface area contributed by atoms with Gasteiger partial charge in [-0.25, -0.2) is 4.79 Å². The quantitative estimate of drug-likeness (QED) is 0.221. The van der Waals surface area contributed by atoms with Crippen LogP contribution < -0.4 is 10.1 Å². The van der Waals surface area contributed by atoms with Crippen LogP contribution in [-0.2, 0) is 42.7 Å². The molecule has 0 aliphatic carbocycles. The van der Waals surface area contributed by atoms with Gasteiger partial charge in [-0.15, -0.1) is 0 Å². The molecule has 4 aliphatic heterocycles. The molecular weight excluding hydrogens is 648 g/mol. The third kappa shape index (κ3) is 7.86. The Hall–Kier alpha value is -3.74. The molecule has 0 radical (unpaired) electrons. The molecule has 4 fully saturated rings. The number of carbonyl (C=O) groups is 2. The molecule has 1 amide bonds. The fourth-order valence-electron chi connectivity index (χ4n) is 6.30. The number of fused-ring (bicyclic) bond motifs is 2. The number of nitro groups is 1. The molecule has 0 spiro atoms. The van der Waals surface area contributed by atoms with E-state index in [4.69, 9.17) is 42.6 Å². The molecule has 0 aromatic heterocycles. The number of nitro benzene ring substituents is 1. The Balaban J connectivity index is 1.25. The summed E-state index contributed by atoms with van der Waals surface area (Å²) in [6.07, 6.45) is -9.01. The average molecular weight is 689 g/mol. The number of non-ortho nitro benzene ring substituents is 1. The summed E-state index contributed by atoms with van der Waals surface area (Å²) >= 11 is 0. The van der Waals surface area contributed by atoms with Crippen molar-refractivity contribution in [3.05, 3.63) is 70.3 Å². The SMILES string of the molecule is CC(=O)N[C@H]1[C@H](OC[C@H]2O[C@@H](Oc3ccc([N+](=O)[O-])cc3)[C@H](OC(=O)c3ccccc3)[C@H]3OC(C)(C)O[C@H]32)O[C@@H]2COC(C)(C)O[C@H]2[C@@H]1O. The molecule has 2 aromatic carbocycles. The van der Waals surface area contributed by atoms with Crippen molar-refractivity contribution < 1.29 is 62.3 Å². The molecule has 6 rings (SSSR count). The number of benzene rings is 2. The smallest absolute Gasteiger partial charge is 0.338 e. The van der Waals surface area contributed by atoms with Crippen molar-refractivity contribution in [3.8, 4) is 5.75 Å². The maximum atomic E-state index is 13.3. The van der Waals surface area contributed by atoms with Gasteiger partial charge in [-0.2, -0.15) is 0 Å². The Morgan fingerprint density at radius 3 is 2.29 bits per heavy atom. The van der Waals surface area contributed by atoms with E-state index in [1.165, 1.54) is 31.2 Å². The lowest BCUT2D eigenvalue weighted by molar-refractivity contribution is -0.384. The first-order chi connectivity index (χ1) is 23.2. The van der Waals surface area contributed by atoms with Gasteiger partial charge < -0.3 is 53.1 Å². The molecule has 266 valence electrons. The van der Waals surface area contributed by atoms with Crippen LogP contribution in [0, 0.1) is 10.1 Å². The van der Waals surface area contributed by atoms with Gasteiger partial charge in [0.15, 0.2) is 24.0 Å². The summed E-state index contributed by atoms with van der Waals surface area (Å²) in [4.78, 5) is 36.1. The Bertz CT molecular complexity index is 1500. The lowest BCUT2D eigenvalue weighted by Gasteiger charge is -2.50. The molecule has 4 aliphatic rings. The highest BCUT2D eigenvalue weighted by Crippen LogP contribution is 2.40. The van der Waals surface area contributed by atoms with Crippen molar-refractivity contribution >= 4 is 17.6 Å². The zero-order chi connectivity index (χ0) is 35.1. The third-order valence-electron chi connectivity index (χ3n) is 8.47. The summed E-state index contributed by atoms with van der Waals surface area (Å²) in [5, 5.41) is 25.2. The molecular formula is C33H40N2O14. The van der Waals surface area contributed by atoms with E-state index in [1.807, 2.05) is 0 Å². The summed E-state index contributed by atoms with van der Waals surface area (Å²) in [7, 11) is 0. The van der Waals surface area contributed by atoms with Gasteiger partial charge in [0, 0.05) is 19.1 Å². The number of hydrogen-bond acceptors (Lipinski definition) is 14. The topological polar surface area (TPSA) is 193 Å². The van der Waals surface area contributed by atoms with Gasteiger partial charge in [-0.1, -0.05) is 18.2 Å². The molecule has 10 atom stereocenters. The number of aliphatic hydroxyl groups excluding tert-OH is 1. The fraction of sp³-hybridized carbons (Fsp3) is 0.576.